The Kier molecular flexibility index (Phi) is 4.80. The number of aryl methyl sites for hydroxylation is 1. The van der Waals surface area contributed by atoms with E-state index in [1.54, 1.807) is 6.92 Å². The Labute approximate surface area is 142 Å². The summed E-state index contributed by atoms with van der Waals surface area (Å²) in [6.45, 7) is 3.64. The van der Waals surface area contributed by atoms with E-state index in [1.807, 2.05) is 67.6 Å². The molecule has 0 N–H and O–H groups in total. The zero-order chi connectivity index (χ0) is 16.9. The summed E-state index contributed by atoms with van der Waals surface area (Å²) in [5.74, 6) is 3.33. The lowest BCUT2D eigenvalue weighted by Gasteiger charge is -2.14. The monoisotopic (exact) mass is 320 g/mol. The quantitative estimate of drug-likeness (QED) is 0.744. The van der Waals surface area contributed by atoms with Crippen LogP contribution in [0.3, 0.4) is 0 Å². The molecule has 0 unspecified atom stereocenters. The molecule has 3 heteroatoms. The molecule has 24 heavy (non-hydrogen) atoms. The lowest BCUT2D eigenvalue weighted by atomic mass is 10.0. The fourth-order valence-electron chi connectivity index (χ4n) is 2.47. The van der Waals surface area contributed by atoms with E-state index in [4.69, 9.17) is 9.47 Å². The Bertz CT molecular complexity index is 781. The van der Waals surface area contributed by atoms with Crippen molar-refractivity contribution < 1.29 is 14.3 Å². The molecule has 0 saturated heterocycles. The first-order valence-corrected chi connectivity index (χ1v) is 8.03. The molecule has 1 aliphatic carbocycles. The molecule has 2 aromatic carbocycles. The maximum atomic E-state index is 11.3. The number of benzene rings is 2. The average Bonchev–Trinajstić information content (AvgIpc) is 2.59. The van der Waals surface area contributed by atoms with E-state index in [9.17, 15) is 4.79 Å². The Balaban J connectivity index is 1.63. The van der Waals surface area contributed by atoms with E-state index in [-0.39, 0.29) is 5.78 Å². The lowest BCUT2D eigenvalue weighted by Crippen LogP contribution is -2.04. The van der Waals surface area contributed by atoms with Gasteiger partial charge in [-0.05, 0) is 68.3 Å². The first-order chi connectivity index (χ1) is 11.6. The number of ketones is 1. The number of carbonyl (C=O) groups excluding carboxylic acids is 1. The topological polar surface area (TPSA) is 35.5 Å². The summed E-state index contributed by atoms with van der Waals surface area (Å²) in [5, 5.41) is 0. The number of hydrogen-bond acceptors (Lipinski definition) is 3. The number of carbonyl (C=O) groups is 1. The molecular weight excluding hydrogens is 300 g/mol. The summed E-state index contributed by atoms with van der Waals surface area (Å²) in [6, 6.07) is 15.5. The molecule has 0 amide bonds. The van der Waals surface area contributed by atoms with Crippen LogP contribution in [0.2, 0.25) is 0 Å². The Morgan fingerprint density at radius 2 is 1.33 bits per heavy atom. The number of hydrogen-bond donors (Lipinski definition) is 0. The molecule has 0 aliphatic heterocycles. The van der Waals surface area contributed by atoms with Crippen LogP contribution in [-0.2, 0) is 4.79 Å². The van der Waals surface area contributed by atoms with Crippen molar-refractivity contribution in [3.8, 4) is 17.2 Å². The molecule has 3 rings (SSSR count). The summed E-state index contributed by atoms with van der Waals surface area (Å²) in [4.78, 5) is 11.3. The molecular formula is C21H20O3. The maximum Gasteiger partial charge on any atom is 0.155 e. The minimum Gasteiger partial charge on any atom is -0.462 e. The van der Waals surface area contributed by atoms with Crippen LogP contribution in [-0.4, -0.2) is 5.78 Å². The van der Waals surface area contributed by atoms with Crippen LogP contribution in [0.25, 0.3) is 0 Å². The number of ether oxygens (including phenoxy) is 2. The Hall–Kier alpha value is -2.81. The number of Topliss-reactive ketones (excluding diaryl/α,β-unsaturated/α-hetero) is 1. The summed E-state index contributed by atoms with van der Waals surface area (Å²) in [5.41, 5.74) is 2.05. The van der Waals surface area contributed by atoms with Crippen molar-refractivity contribution in [3.05, 3.63) is 77.6 Å². The highest BCUT2D eigenvalue weighted by Gasteiger charge is 2.11. The van der Waals surface area contributed by atoms with Crippen LogP contribution in [0.1, 0.15) is 25.3 Å². The minimum absolute atomic E-state index is 0.128. The van der Waals surface area contributed by atoms with Crippen LogP contribution < -0.4 is 9.47 Å². The molecule has 0 heterocycles. The SMILES string of the molecule is CC(=O)C1=CC=C(Oc2ccc(Oc3ccc(C)cc3)cc2)CC1. The second-order valence-electron chi connectivity index (χ2n) is 5.87. The van der Waals surface area contributed by atoms with Gasteiger partial charge in [-0.2, -0.15) is 0 Å². The fourth-order valence-corrected chi connectivity index (χ4v) is 2.47. The molecule has 0 bridgehead atoms. The van der Waals surface area contributed by atoms with Crippen LogP contribution in [0.4, 0.5) is 0 Å². The van der Waals surface area contributed by atoms with Gasteiger partial charge in [-0.1, -0.05) is 23.8 Å². The van der Waals surface area contributed by atoms with Crippen LogP contribution in [0.5, 0.6) is 17.2 Å². The molecule has 2 aromatic rings. The second-order valence-corrected chi connectivity index (χ2v) is 5.87. The van der Waals surface area contributed by atoms with E-state index in [2.05, 4.69) is 0 Å². The highest BCUT2D eigenvalue weighted by molar-refractivity contribution is 5.93. The van der Waals surface area contributed by atoms with Crippen molar-refractivity contribution >= 4 is 5.78 Å². The standard InChI is InChI=1S/C21H20O3/c1-15-3-7-18(8-4-15)23-20-11-13-21(14-12-20)24-19-9-5-17(6-10-19)16(2)22/h3-5,7-9,11-14H,6,10H2,1-2H3. The molecule has 0 atom stereocenters. The minimum atomic E-state index is 0.128. The van der Waals surface area contributed by atoms with E-state index in [0.717, 1.165) is 41.4 Å². The van der Waals surface area contributed by atoms with Gasteiger partial charge in [0.2, 0.25) is 0 Å². The van der Waals surface area contributed by atoms with Crippen molar-refractivity contribution in [2.24, 2.45) is 0 Å². The van der Waals surface area contributed by atoms with Gasteiger partial charge >= 0.3 is 0 Å². The van der Waals surface area contributed by atoms with Gasteiger partial charge in [0.1, 0.15) is 23.0 Å². The average molecular weight is 320 g/mol. The van der Waals surface area contributed by atoms with Crippen molar-refractivity contribution in [1.29, 1.82) is 0 Å². The maximum absolute atomic E-state index is 11.3. The molecule has 3 nitrogen and oxygen atoms in total. The van der Waals surface area contributed by atoms with Crippen molar-refractivity contribution in [2.45, 2.75) is 26.7 Å². The van der Waals surface area contributed by atoms with Gasteiger partial charge in [-0.25, -0.2) is 0 Å². The third-order valence-corrected chi connectivity index (χ3v) is 3.89. The molecule has 1 aliphatic rings. The summed E-state index contributed by atoms with van der Waals surface area (Å²) in [7, 11) is 0. The smallest absolute Gasteiger partial charge is 0.155 e. The number of rotatable bonds is 5. The van der Waals surface area contributed by atoms with Gasteiger partial charge < -0.3 is 9.47 Å². The highest BCUT2D eigenvalue weighted by Crippen LogP contribution is 2.27. The second kappa shape index (κ2) is 7.18. The lowest BCUT2D eigenvalue weighted by molar-refractivity contribution is -0.113. The van der Waals surface area contributed by atoms with E-state index in [0.29, 0.717) is 0 Å². The van der Waals surface area contributed by atoms with Gasteiger partial charge in [-0.15, -0.1) is 0 Å². The normalized spacial score (nSPS) is 13.8. The summed E-state index contributed by atoms with van der Waals surface area (Å²) < 4.78 is 11.7. The van der Waals surface area contributed by atoms with Gasteiger partial charge in [-0.3, -0.25) is 4.79 Å². The third-order valence-electron chi connectivity index (χ3n) is 3.89. The molecule has 122 valence electrons. The molecule has 0 saturated carbocycles. The molecule has 0 spiro atoms. The number of allylic oxidation sites excluding steroid dienone is 4. The third kappa shape index (κ3) is 4.13. The van der Waals surface area contributed by atoms with Gasteiger partial charge in [0.05, 0.1) is 0 Å². The molecule has 0 fully saturated rings. The van der Waals surface area contributed by atoms with Gasteiger partial charge in [0, 0.05) is 6.42 Å². The Morgan fingerprint density at radius 1 is 0.792 bits per heavy atom. The van der Waals surface area contributed by atoms with Crippen LogP contribution in [0.15, 0.2) is 72.0 Å². The zero-order valence-electron chi connectivity index (χ0n) is 13.9. The largest absolute Gasteiger partial charge is 0.462 e. The van der Waals surface area contributed by atoms with E-state index < -0.39 is 0 Å². The first kappa shape index (κ1) is 16.1. The van der Waals surface area contributed by atoms with E-state index >= 15 is 0 Å². The Morgan fingerprint density at radius 3 is 1.83 bits per heavy atom. The van der Waals surface area contributed by atoms with Gasteiger partial charge in [0.25, 0.3) is 0 Å². The summed E-state index contributed by atoms with van der Waals surface area (Å²) >= 11 is 0. The molecule has 0 radical (unpaired) electrons. The highest BCUT2D eigenvalue weighted by atomic mass is 16.5. The summed E-state index contributed by atoms with van der Waals surface area (Å²) in [6.07, 6.45) is 5.19. The van der Waals surface area contributed by atoms with Crippen molar-refractivity contribution in [1.82, 2.24) is 0 Å². The zero-order valence-corrected chi connectivity index (χ0v) is 13.9. The van der Waals surface area contributed by atoms with E-state index in [1.165, 1.54) is 5.56 Å². The molecule has 0 aromatic heterocycles. The van der Waals surface area contributed by atoms with Crippen LogP contribution >= 0.6 is 0 Å². The van der Waals surface area contributed by atoms with Crippen molar-refractivity contribution in [2.75, 3.05) is 0 Å². The van der Waals surface area contributed by atoms with Crippen molar-refractivity contribution in [3.63, 3.8) is 0 Å². The first-order valence-electron chi connectivity index (χ1n) is 8.03. The van der Waals surface area contributed by atoms with Crippen LogP contribution in [0, 0.1) is 6.92 Å². The fraction of sp³-hybridized carbons (Fsp3) is 0.190. The van der Waals surface area contributed by atoms with Gasteiger partial charge in [0.15, 0.2) is 5.78 Å². The predicted octanol–water partition coefficient (Wildman–Crippen LogP) is 5.36. The predicted molar refractivity (Wildman–Crippen MR) is 94.4 cm³/mol.